The number of hydrogen-bond donors (Lipinski definition) is 1. The van der Waals surface area contributed by atoms with Crippen molar-refractivity contribution in [2.45, 2.75) is 44.1 Å². The summed E-state index contributed by atoms with van der Waals surface area (Å²) in [4.78, 5) is 19.4. The predicted octanol–water partition coefficient (Wildman–Crippen LogP) is 4.79. The van der Waals surface area contributed by atoms with E-state index in [1.165, 1.54) is 19.1 Å². The number of halogens is 3. The molecule has 1 aliphatic rings. The molecular formula is C21H24F3N3O3S. The number of alkyl halides is 2. The fourth-order valence-electron chi connectivity index (χ4n) is 3.27. The molecule has 10 heteroatoms. The summed E-state index contributed by atoms with van der Waals surface area (Å²) in [6.45, 7) is 5.63. The molecule has 1 aliphatic heterocycles. The van der Waals surface area contributed by atoms with Gasteiger partial charge in [0, 0.05) is 28.6 Å². The number of methoxy groups -OCH3 is 1. The Labute approximate surface area is 183 Å². The number of ether oxygens (including phenoxy) is 2. The van der Waals surface area contributed by atoms with Crippen LogP contribution in [0.1, 0.15) is 36.7 Å². The normalized spacial score (nSPS) is 13.9. The molecule has 31 heavy (non-hydrogen) atoms. The molecule has 168 valence electrons. The molecule has 0 radical (unpaired) electrons. The first-order chi connectivity index (χ1) is 14.6. The monoisotopic (exact) mass is 455 g/mol. The van der Waals surface area contributed by atoms with Gasteiger partial charge < -0.3 is 19.1 Å². The molecule has 0 spiro atoms. The zero-order chi connectivity index (χ0) is 22.8. The number of pyridine rings is 1. The van der Waals surface area contributed by atoms with Gasteiger partial charge in [0.2, 0.25) is 5.88 Å². The third-order valence-corrected chi connectivity index (χ3v) is 5.65. The third kappa shape index (κ3) is 5.17. The standard InChI is InChI=1S/C21H24F3N3O3S/c1-21(2,3)27-9-8-12-13(20(27)28)6-5-7-16(12)31-26-15-10-14(22)18(25-19(15)29-4)30-11-17(23)24/h5-7,10,17,26H,8-9,11H2,1-4H3. The van der Waals surface area contributed by atoms with Gasteiger partial charge in [0.15, 0.2) is 12.4 Å². The Hall–Kier alpha value is -2.62. The van der Waals surface area contributed by atoms with Gasteiger partial charge in [-0.1, -0.05) is 6.07 Å². The minimum absolute atomic E-state index is 0.00190. The van der Waals surface area contributed by atoms with Gasteiger partial charge in [0.25, 0.3) is 18.2 Å². The second-order valence-corrected chi connectivity index (χ2v) is 8.75. The van der Waals surface area contributed by atoms with E-state index in [-0.39, 0.29) is 23.0 Å². The minimum Gasteiger partial charge on any atom is -0.479 e. The number of fused-ring (bicyclic) bond motifs is 1. The Morgan fingerprint density at radius 3 is 2.68 bits per heavy atom. The average molecular weight is 456 g/mol. The summed E-state index contributed by atoms with van der Waals surface area (Å²) in [7, 11) is 1.33. The first-order valence-electron chi connectivity index (χ1n) is 9.64. The number of amides is 1. The zero-order valence-corrected chi connectivity index (χ0v) is 18.5. The molecule has 0 fully saturated rings. The lowest BCUT2D eigenvalue weighted by Gasteiger charge is -2.39. The number of carbonyl (C=O) groups excluding carboxylic acids is 1. The molecule has 1 amide bonds. The van der Waals surface area contributed by atoms with E-state index in [1.807, 2.05) is 31.7 Å². The molecule has 3 rings (SSSR count). The van der Waals surface area contributed by atoms with E-state index in [0.717, 1.165) is 16.5 Å². The molecule has 6 nitrogen and oxygen atoms in total. The van der Waals surface area contributed by atoms with E-state index >= 15 is 0 Å². The third-order valence-electron chi connectivity index (χ3n) is 4.72. The molecule has 2 heterocycles. The van der Waals surface area contributed by atoms with Crippen molar-refractivity contribution in [1.82, 2.24) is 9.88 Å². The summed E-state index contributed by atoms with van der Waals surface area (Å²) in [5, 5.41) is 0. The Balaban J connectivity index is 1.80. The topological polar surface area (TPSA) is 63.7 Å². The number of benzene rings is 1. The van der Waals surface area contributed by atoms with Crippen LogP contribution in [0.2, 0.25) is 0 Å². The molecule has 2 aromatic rings. The second-order valence-electron chi connectivity index (χ2n) is 7.90. The molecule has 0 saturated heterocycles. The van der Waals surface area contributed by atoms with Gasteiger partial charge in [-0.25, -0.2) is 13.2 Å². The maximum Gasteiger partial charge on any atom is 0.272 e. The average Bonchev–Trinajstić information content (AvgIpc) is 2.70. The Morgan fingerprint density at radius 2 is 2.03 bits per heavy atom. The van der Waals surface area contributed by atoms with Crippen molar-refractivity contribution < 1.29 is 27.4 Å². The molecule has 0 atom stereocenters. The number of aromatic nitrogens is 1. The fraction of sp³-hybridized carbons (Fsp3) is 0.429. The van der Waals surface area contributed by atoms with Crippen LogP contribution < -0.4 is 14.2 Å². The quantitative estimate of drug-likeness (QED) is 0.606. The summed E-state index contributed by atoms with van der Waals surface area (Å²) in [5.74, 6) is -1.48. The lowest BCUT2D eigenvalue weighted by Crippen LogP contribution is -2.49. The van der Waals surface area contributed by atoms with Crippen molar-refractivity contribution in [2.75, 3.05) is 25.0 Å². The van der Waals surface area contributed by atoms with Gasteiger partial charge in [-0.2, -0.15) is 4.98 Å². The zero-order valence-electron chi connectivity index (χ0n) is 17.7. The van der Waals surface area contributed by atoms with Crippen molar-refractivity contribution in [3.05, 3.63) is 41.2 Å². The molecule has 0 saturated carbocycles. The van der Waals surface area contributed by atoms with E-state index < -0.39 is 24.7 Å². The van der Waals surface area contributed by atoms with Crippen LogP contribution in [0.4, 0.5) is 18.9 Å². The molecule has 1 aromatic heterocycles. The van der Waals surface area contributed by atoms with Crippen LogP contribution in [0.25, 0.3) is 0 Å². The SMILES string of the molecule is COc1nc(OCC(F)F)c(F)cc1NSc1cccc2c1CCN(C(C)(C)C)C2=O. The van der Waals surface area contributed by atoms with Gasteiger partial charge in [-0.05, 0) is 56.8 Å². The first kappa shape index (κ1) is 23.1. The first-order valence-corrected chi connectivity index (χ1v) is 10.5. The maximum absolute atomic E-state index is 14.2. The molecule has 0 bridgehead atoms. The summed E-state index contributed by atoms with van der Waals surface area (Å²) in [6, 6.07) is 6.54. The number of nitrogens with one attached hydrogen (secondary N) is 1. The highest BCUT2D eigenvalue weighted by molar-refractivity contribution is 8.00. The number of hydrogen-bond acceptors (Lipinski definition) is 6. The molecule has 0 unspecified atom stereocenters. The van der Waals surface area contributed by atoms with Crippen LogP contribution in [-0.2, 0) is 6.42 Å². The van der Waals surface area contributed by atoms with E-state index in [0.29, 0.717) is 18.5 Å². The van der Waals surface area contributed by atoms with E-state index in [1.54, 1.807) is 12.1 Å². The molecule has 1 N–H and O–H groups in total. The summed E-state index contributed by atoms with van der Waals surface area (Å²) in [5.41, 5.74) is 1.49. The second kappa shape index (κ2) is 9.25. The van der Waals surface area contributed by atoms with Gasteiger partial charge in [-0.3, -0.25) is 4.79 Å². The number of carbonyl (C=O) groups is 1. The summed E-state index contributed by atoms with van der Waals surface area (Å²) >= 11 is 1.19. The summed E-state index contributed by atoms with van der Waals surface area (Å²) in [6.07, 6.45) is -2.06. The fourth-order valence-corrected chi connectivity index (χ4v) is 4.12. The van der Waals surface area contributed by atoms with Crippen molar-refractivity contribution in [2.24, 2.45) is 0 Å². The van der Waals surface area contributed by atoms with Gasteiger partial charge >= 0.3 is 0 Å². The number of rotatable bonds is 7. The van der Waals surface area contributed by atoms with Crippen LogP contribution in [0.3, 0.4) is 0 Å². The van der Waals surface area contributed by atoms with Crippen molar-refractivity contribution in [3.8, 4) is 11.8 Å². The van der Waals surface area contributed by atoms with E-state index in [2.05, 4.69) is 14.4 Å². The lowest BCUT2D eigenvalue weighted by atomic mass is 9.94. The smallest absolute Gasteiger partial charge is 0.272 e. The Kier molecular flexibility index (Phi) is 6.88. The van der Waals surface area contributed by atoms with Gasteiger partial charge in [0.05, 0.1) is 7.11 Å². The van der Waals surface area contributed by atoms with Crippen LogP contribution in [0, 0.1) is 5.82 Å². The Morgan fingerprint density at radius 1 is 1.29 bits per heavy atom. The van der Waals surface area contributed by atoms with E-state index in [9.17, 15) is 18.0 Å². The van der Waals surface area contributed by atoms with Crippen LogP contribution in [0.15, 0.2) is 29.2 Å². The number of nitrogens with zero attached hydrogens (tertiary/aromatic N) is 2. The van der Waals surface area contributed by atoms with Crippen molar-refractivity contribution >= 4 is 23.5 Å². The van der Waals surface area contributed by atoms with Crippen molar-refractivity contribution in [3.63, 3.8) is 0 Å². The number of anilines is 1. The highest BCUT2D eigenvalue weighted by Gasteiger charge is 2.33. The largest absolute Gasteiger partial charge is 0.479 e. The molecule has 1 aromatic carbocycles. The van der Waals surface area contributed by atoms with Crippen molar-refractivity contribution in [1.29, 1.82) is 0 Å². The molecule has 0 aliphatic carbocycles. The predicted molar refractivity (Wildman–Crippen MR) is 113 cm³/mol. The Bertz CT molecular complexity index is 967. The van der Waals surface area contributed by atoms with Crippen LogP contribution >= 0.6 is 11.9 Å². The minimum atomic E-state index is -2.75. The highest BCUT2D eigenvalue weighted by Crippen LogP contribution is 2.35. The van der Waals surface area contributed by atoms with Gasteiger partial charge in [0.1, 0.15) is 5.69 Å². The summed E-state index contributed by atoms with van der Waals surface area (Å²) < 4.78 is 51.7. The molecular weight excluding hydrogens is 431 g/mol. The van der Waals surface area contributed by atoms with Crippen LogP contribution in [0.5, 0.6) is 11.8 Å². The van der Waals surface area contributed by atoms with Gasteiger partial charge in [-0.15, -0.1) is 0 Å². The highest BCUT2D eigenvalue weighted by atomic mass is 32.2. The van der Waals surface area contributed by atoms with Crippen LogP contribution in [-0.4, -0.2) is 48.0 Å². The maximum atomic E-state index is 14.2. The van der Waals surface area contributed by atoms with E-state index in [4.69, 9.17) is 4.74 Å². The lowest BCUT2D eigenvalue weighted by molar-refractivity contribution is 0.0560.